The molecule has 30 heavy (non-hydrogen) atoms. The molecular formula is C24H26ClNO3S. The normalized spacial score (nSPS) is 16.2. The van der Waals surface area contributed by atoms with Crippen molar-refractivity contribution in [2.75, 3.05) is 11.1 Å². The summed E-state index contributed by atoms with van der Waals surface area (Å²) in [7, 11) is -3.24. The van der Waals surface area contributed by atoms with Gasteiger partial charge in [-0.05, 0) is 48.2 Å². The van der Waals surface area contributed by atoms with Crippen molar-refractivity contribution in [2.45, 2.75) is 43.9 Å². The number of hydrogen-bond donors (Lipinski definition) is 1. The van der Waals surface area contributed by atoms with Crippen LogP contribution in [0.3, 0.4) is 0 Å². The van der Waals surface area contributed by atoms with Crippen LogP contribution < -0.4 is 5.32 Å². The fourth-order valence-electron chi connectivity index (χ4n) is 3.62. The van der Waals surface area contributed by atoms with Crippen molar-refractivity contribution in [1.82, 2.24) is 0 Å². The Labute approximate surface area is 183 Å². The molecule has 1 amide bonds. The Balaban J connectivity index is 1.67. The third-order valence-electron chi connectivity index (χ3n) is 5.36. The maximum Gasteiger partial charge on any atom is 0.228 e. The van der Waals surface area contributed by atoms with E-state index in [4.69, 9.17) is 11.6 Å². The van der Waals surface area contributed by atoms with Gasteiger partial charge < -0.3 is 5.32 Å². The lowest BCUT2D eigenvalue weighted by Gasteiger charge is -2.22. The Morgan fingerprint density at radius 2 is 1.87 bits per heavy atom. The Morgan fingerprint density at radius 3 is 2.50 bits per heavy atom. The van der Waals surface area contributed by atoms with Crippen LogP contribution in [0.15, 0.2) is 71.2 Å². The number of rotatable bonds is 7. The summed E-state index contributed by atoms with van der Waals surface area (Å²) in [4.78, 5) is 12.7. The Hall–Kier alpha value is -2.37. The van der Waals surface area contributed by atoms with E-state index < -0.39 is 9.84 Å². The highest BCUT2D eigenvalue weighted by Gasteiger charge is 2.19. The topological polar surface area (TPSA) is 63.2 Å². The molecule has 158 valence electrons. The molecule has 6 heteroatoms. The zero-order valence-electron chi connectivity index (χ0n) is 17.2. The van der Waals surface area contributed by atoms with Gasteiger partial charge in [-0.3, -0.25) is 4.79 Å². The van der Waals surface area contributed by atoms with Crippen LogP contribution in [0.1, 0.15) is 43.7 Å². The van der Waals surface area contributed by atoms with E-state index in [9.17, 15) is 13.2 Å². The smallest absolute Gasteiger partial charge is 0.228 e. The minimum Gasteiger partial charge on any atom is -0.326 e. The number of amides is 1. The largest absolute Gasteiger partial charge is 0.326 e. The van der Waals surface area contributed by atoms with Crippen molar-refractivity contribution in [3.8, 4) is 0 Å². The molecule has 2 aromatic rings. The lowest BCUT2D eigenvalue weighted by molar-refractivity contribution is -0.115. The molecule has 0 radical (unpaired) electrons. The van der Waals surface area contributed by atoms with Crippen LogP contribution >= 0.6 is 11.6 Å². The van der Waals surface area contributed by atoms with Crippen LogP contribution in [-0.4, -0.2) is 20.1 Å². The first kappa shape index (κ1) is 22.3. The van der Waals surface area contributed by atoms with Crippen LogP contribution in [0.5, 0.6) is 0 Å². The first-order chi connectivity index (χ1) is 14.3. The minimum absolute atomic E-state index is 0.0519. The number of sulfone groups is 1. The van der Waals surface area contributed by atoms with E-state index >= 15 is 0 Å². The molecule has 0 aliphatic heterocycles. The highest BCUT2D eigenvalue weighted by Crippen LogP contribution is 2.37. The molecule has 0 heterocycles. The summed E-state index contributed by atoms with van der Waals surface area (Å²) in [5, 5.41) is 3.51. The van der Waals surface area contributed by atoms with Gasteiger partial charge in [0.2, 0.25) is 5.91 Å². The maximum atomic E-state index is 12.4. The molecule has 0 bridgehead atoms. The Kier molecular flexibility index (Phi) is 7.16. The number of halogens is 1. The van der Waals surface area contributed by atoms with Crippen LogP contribution in [0.2, 0.25) is 5.02 Å². The maximum absolute atomic E-state index is 12.4. The van der Waals surface area contributed by atoms with Crippen LogP contribution in [0.25, 0.3) is 0 Å². The summed E-state index contributed by atoms with van der Waals surface area (Å²) in [6, 6.07) is 12.1. The second-order valence-electron chi connectivity index (χ2n) is 7.32. The average molecular weight is 444 g/mol. The van der Waals surface area contributed by atoms with E-state index in [1.54, 1.807) is 37.3 Å². The third kappa shape index (κ3) is 5.21. The number of nitrogens with one attached hydrogen (secondary N) is 1. The molecule has 0 fully saturated rings. The van der Waals surface area contributed by atoms with Gasteiger partial charge in [-0.2, -0.15) is 0 Å². The average Bonchev–Trinajstić information content (AvgIpc) is 2.74. The van der Waals surface area contributed by atoms with Crippen molar-refractivity contribution in [3.63, 3.8) is 0 Å². The summed E-state index contributed by atoms with van der Waals surface area (Å²) < 4.78 is 23.8. The third-order valence-corrected chi connectivity index (χ3v) is 7.44. The number of carbonyl (C=O) groups is 1. The van der Waals surface area contributed by atoms with Gasteiger partial charge in [0.1, 0.15) is 0 Å². The van der Waals surface area contributed by atoms with Gasteiger partial charge in [-0.25, -0.2) is 8.42 Å². The first-order valence-electron chi connectivity index (χ1n) is 10.1. The van der Waals surface area contributed by atoms with Crippen molar-refractivity contribution >= 4 is 33.0 Å². The SMILES string of the molecule is CCC1=CC=CCC1c1ccc(NC(=O)Cc2ccc(S(=O)(=O)CC)cc2)cc1Cl. The van der Waals surface area contributed by atoms with Gasteiger partial charge in [0.15, 0.2) is 9.84 Å². The summed E-state index contributed by atoms with van der Waals surface area (Å²) in [6.45, 7) is 3.75. The fraction of sp³-hybridized carbons (Fsp3) is 0.292. The highest BCUT2D eigenvalue weighted by molar-refractivity contribution is 7.91. The Morgan fingerprint density at radius 1 is 1.13 bits per heavy atom. The molecule has 0 spiro atoms. The summed E-state index contributed by atoms with van der Waals surface area (Å²) in [5.74, 6) is 0.144. The monoisotopic (exact) mass is 443 g/mol. The van der Waals surface area contributed by atoms with E-state index in [2.05, 4.69) is 30.5 Å². The lowest BCUT2D eigenvalue weighted by atomic mass is 9.84. The summed E-state index contributed by atoms with van der Waals surface area (Å²) in [6.07, 6.45) is 8.44. The molecule has 3 rings (SSSR count). The number of benzene rings is 2. The molecule has 0 aromatic heterocycles. The van der Waals surface area contributed by atoms with Gasteiger partial charge in [0.05, 0.1) is 17.1 Å². The van der Waals surface area contributed by atoms with E-state index in [0.29, 0.717) is 10.7 Å². The van der Waals surface area contributed by atoms with Gasteiger partial charge in [-0.15, -0.1) is 0 Å². The van der Waals surface area contributed by atoms with Gasteiger partial charge in [0.25, 0.3) is 0 Å². The molecule has 1 unspecified atom stereocenters. The van der Waals surface area contributed by atoms with Crippen molar-refractivity contribution < 1.29 is 13.2 Å². The standard InChI is InChI=1S/C24H26ClNO3S/c1-3-18-7-5-6-8-21(18)22-14-11-19(16-23(22)25)26-24(27)15-17-9-12-20(13-10-17)30(28,29)4-2/h5-7,9-14,16,21H,3-4,8,15H2,1-2H3,(H,26,27). The van der Waals surface area contributed by atoms with E-state index in [1.165, 1.54) is 5.57 Å². The molecule has 2 aromatic carbocycles. The molecule has 1 atom stereocenters. The van der Waals surface area contributed by atoms with Gasteiger partial charge in [0, 0.05) is 16.6 Å². The number of allylic oxidation sites excluding steroid dienone is 4. The Bertz CT molecular complexity index is 1090. The first-order valence-corrected chi connectivity index (χ1v) is 12.1. The van der Waals surface area contributed by atoms with Crippen molar-refractivity contribution in [1.29, 1.82) is 0 Å². The van der Waals surface area contributed by atoms with Crippen LogP contribution in [0, 0.1) is 0 Å². The molecule has 1 N–H and O–H groups in total. The zero-order chi connectivity index (χ0) is 21.7. The van der Waals surface area contributed by atoms with Crippen molar-refractivity contribution in [3.05, 3.63) is 82.4 Å². The predicted octanol–water partition coefficient (Wildman–Crippen LogP) is 5.69. The predicted molar refractivity (Wildman–Crippen MR) is 123 cm³/mol. The highest BCUT2D eigenvalue weighted by atomic mass is 35.5. The zero-order valence-corrected chi connectivity index (χ0v) is 18.8. The lowest BCUT2D eigenvalue weighted by Crippen LogP contribution is -2.15. The van der Waals surface area contributed by atoms with E-state index in [1.807, 2.05) is 12.1 Å². The van der Waals surface area contributed by atoms with Gasteiger partial charge in [-0.1, -0.05) is 67.4 Å². The number of hydrogen-bond acceptors (Lipinski definition) is 3. The summed E-state index contributed by atoms with van der Waals surface area (Å²) in [5.41, 5.74) is 3.81. The number of carbonyl (C=O) groups excluding carboxylic acids is 1. The molecule has 4 nitrogen and oxygen atoms in total. The number of anilines is 1. The minimum atomic E-state index is -3.24. The summed E-state index contributed by atoms with van der Waals surface area (Å²) >= 11 is 6.54. The molecule has 0 saturated carbocycles. The van der Waals surface area contributed by atoms with E-state index in [-0.39, 0.29) is 28.9 Å². The van der Waals surface area contributed by atoms with Crippen LogP contribution in [-0.2, 0) is 21.1 Å². The van der Waals surface area contributed by atoms with E-state index in [0.717, 1.165) is 24.0 Å². The van der Waals surface area contributed by atoms with Gasteiger partial charge >= 0.3 is 0 Å². The fourth-order valence-corrected chi connectivity index (χ4v) is 4.82. The second-order valence-corrected chi connectivity index (χ2v) is 10.0. The van der Waals surface area contributed by atoms with Crippen molar-refractivity contribution in [2.24, 2.45) is 0 Å². The quantitative estimate of drug-likeness (QED) is 0.597. The molecule has 1 aliphatic rings. The molecular weight excluding hydrogens is 418 g/mol. The molecule has 1 aliphatic carbocycles. The molecule has 0 saturated heterocycles. The second kappa shape index (κ2) is 9.63. The van der Waals surface area contributed by atoms with Crippen LogP contribution in [0.4, 0.5) is 5.69 Å².